The SMILES string of the molecule is C=CCN1C(=O)c2oc3ccccc3c(=O)c2[C@@H]1c1cccc(OCC)c1. The van der Waals surface area contributed by atoms with Crippen molar-refractivity contribution in [3.05, 3.63) is 88.3 Å². The summed E-state index contributed by atoms with van der Waals surface area (Å²) in [5.74, 6) is 0.492. The van der Waals surface area contributed by atoms with Crippen molar-refractivity contribution in [2.24, 2.45) is 0 Å². The Kier molecular flexibility index (Phi) is 4.28. The molecular formula is C22H19NO4. The van der Waals surface area contributed by atoms with Crippen LogP contribution < -0.4 is 10.2 Å². The van der Waals surface area contributed by atoms with Gasteiger partial charge in [-0.2, -0.15) is 0 Å². The summed E-state index contributed by atoms with van der Waals surface area (Å²) in [6.07, 6.45) is 1.65. The number of nitrogens with zero attached hydrogens (tertiary/aromatic N) is 1. The maximum absolute atomic E-state index is 13.2. The number of benzene rings is 2. The van der Waals surface area contributed by atoms with Gasteiger partial charge in [-0.05, 0) is 36.8 Å². The molecule has 1 aliphatic rings. The molecule has 3 aromatic rings. The number of ether oxygens (including phenoxy) is 1. The fraction of sp³-hybridized carbons (Fsp3) is 0.182. The van der Waals surface area contributed by atoms with Crippen molar-refractivity contribution in [1.29, 1.82) is 0 Å². The molecule has 0 radical (unpaired) electrons. The minimum Gasteiger partial charge on any atom is -0.494 e. The summed E-state index contributed by atoms with van der Waals surface area (Å²) in [6, 6.07) is 13.9. The first-order valence-corrected chi connectivity index (χ1v) is 8.86. The molecule has 1 atom stereocenters. The third-order valence-corrected chi connectivity index (χ3v) is 4.68. The fourth-order valence-corrected chi connectivity index (χ4v) is 3.58. The van der Waals surface area contributed by atoms with E-state index in [0.29, 0.717) is 35.4 Å². The number of para-hydroxylation sites is 1. The molecule has 0 N–H and O–H groups in total. The number of carbonyl (C=O) groups excluding carboxylic acids is 1. The number of carbonyl (C=O) groups is 1. The van der Waals surface area contributed by atoms with Gasteiger partial charge in [0.1, 0.15) is 11.3 Å². The Morgan fingerprint density at radius 3 is 2.78 bits per heavy atom. The van der Waals surface area contributed by atoms with Gasteiger partial charge in [0.15, 0.2) is 5.43 Å². The third-order valence-electron chi connectivity index (χ3n) is 4.68. The maximum Gasteiger partial charge on any atom is 0.291 e. The van der Waals surface area contributed by atoms with E-state index in [9.17, 15) is 9.59 Å². The molecular weight excluding hydrogens is 342 g/mol. The number of fused-ring (bicyclic) bond motifs is 2. The molecule has 136 valence electrons. The maximum atomic E-state index is 13.2. The molecule has 1 amide bonds. The van der Waals surface area contributed by atoms with Crippen molar-refractivity contribution < 1.29 is 13.9 Å². The molecule has 0 aliphatic carbocycles. The Hall–Kier alpha value is -3.34. The molecule has 0 saturated carbocycles. The lowest BCUT2D eigenvalue weighted by Gasteiger charge is -2.24. The van der Waals surface area contributed by atoms with Crippen LogP contribution in [-0.2, 0) is 0 Å². The van der Waals surface area contributed by atoms with E-state index in [1.54, 1.807) is 35.2 Å². The lowest BCUT2D eigenvalue weighted by Crippen LogP contribution is -2.29. The molecule has 2 aromatic carbocycles. The normalized spacial score (nSPS) is 15.8. The van der Waals surface area contributed by atoms with Crippen molar-refractivity contribution in [3.8, 4) is 5.75 Å². The van der Waals surface area contributed by atoms with E-state index in [0.717, 1.165) is 5.56 Å². The molecule has 0 bridgehead atoms. The van der Waals surface area contributed by atoms with E-state index < -0.39 is 6.04 Å². The minimum atomic E-state index is -0.535. The summed E-state index contributed by atoms with van der Waals surface area (Å²) in [7, 11) is 0. The predicted octanol–water partition coefficient (Wildman–Crippen LogP) is 3.92. The van der Waals surface area contributed by atoms with Crippen LogP contribution in [0, 0.1) is 0 Å². The first-order chi connectivity index (χ1) is 13.2. The van der Waals surface area contributed by atoms with Gasteiger partial charge in [0.05, 0.1) is 23.6 Å². The van der Waals surface area contributed by atoms with Gasteiger partial charge in [-0.15, -0.1) is 6.58 Å². The summed E-state index contributed by atoms with van der Waals surface area (Å²) in [5, 5.41) is 0.468. The number of amides is 1. The van der Waals surface area contributed by atoms with Gasteiger partial charge in [0.25, 0.3) is 5.91 Å². The van der Waals surface area contributed by atoms with E-state index in [1.165, 1.54) is 0 Å². The first-order valence-electron chi connectivity index (χ1n) is 8.86. The van der Waals surface area contributed by atoms with E-state index in [1.807, 2.05) is 31.2 Å². The molecule has 1 aliphatic heterocycles. The smallest absolute Gasteiger partial charge is 0.291 e. The standard InChI is InChI=1S/C22H19NO4/c1-3-12-23-19(14-8-7-9-15(13-14)26-4-2)18-20(24)16-10-5-6-11-17(16)27-21(18)22(23)25/h3,5-11,13,19H,1,4,12H2,2H3/t19-/m0/s1. The molecule has 0 saturated heterocycles. The molecule has 4 rings (SSSR count). The van der Waals surface area contributed by atoms with E-state index in [4.69, 9.17) is 9.15 Å². The van der Waals surface area contributed by atoms with E-state index in [-0.39, 0.29) is 17.1 Å². The quantitative estimate of drug-likeness (QED) is 0.646. The van der Waals surface area contributed by atoms with E-state index in [2.05, 4.69) is 6.58 Å². The highest BCUT2D eigenvalue weighted by Crippen LogP contribution is 2.38. The summed E-state index contributed by atoms with van der Waals surface area (Å²) >= 11 is 0. The third kappa shape index (κ3) is 2.72. The van der Waals surface area contributed by atoms with Crippen LogP contribution in [0.4, 0.5) is 0 Å². The first kappa shape index (κ1) is 17.1. The van der Waals surface area contributed by atoms with Crippen LogP contribution in [0.2, 0.25) is 0 Å². The molecule has 27 heavy (non-hydrogen) atoms. The van der Waals surface area contributed by atoms with Gasteiger partial charge in [-0.1, -0.05) is 30.3 Å². The fourth-order valence-electron chi connectivity index (χ4n) is 3.58. The second-order valence-electron chi connectivity index (χ2n) is 6.32. The van der Waals surface area contributed by atoms with Crippen LogP contribution in [0.3, 0.4) is 0 Å². The average Bonchev–Trinajstić information content (AvgIpc) is 2.96. The van der Waals surface area contributed by atoms with Crippen LogP contribution in [0.15, 0.2) is 70.4 Å². The van der Waals surface area contributed by atoms with Gasteiger partial charge in [-0.3, -0.25) is 9.59 Å². The second kappa shape index (κ2) is 6.76. The minimum absolute atomic E-state index is 0.104. The highest BCUT2D eigenvalue weighted by atomic mass is 16.5. The molecule has 1 aromatic heterocycles. The monoisotopic (exact) mass is 361 g/mol. The second-order valence-corrected chi connectivity index (χ2v) is 6.32. The highest BCUT2D eigenvalue weighted by Gasteiger charge is 2.42. The highest BCUT2D eigenvalue weighted by molar-refractivity contribution is 5.99. The van der Waals surface area contributed by atoms with E-state index >= 15 is 0 Å². The Bertz CT molecular complexity index is 1100. The van der Waals surface area contributed by atoms with Crippen molar-refractivity contribution in [2.75, 3.05) is 13.2 Å². The zero-order valence-corrected chi connectivity index (χ0v) is 15.0. The zero-order valence-electron chi connectivity index (χ0n) is 15.0. The van der Waals surface area contributed by atoms with Gasteiger partial charge in [0, 0.05) is 6.54 Å². The number of hydrogen-bond acceptors (Lipinski definition) is 4. The van der Waals surface area contributed by atoms with Gasteiger partial charge in [0.2, 0.25) is 5.76 Å². The summed E-state index contributed by atoms with van der Waals surface area (Å²) in [5.41, 5.74) is 1.40. The molecule has 2 heterocycles. The molecule has 0 unspecified atom stereocenters. The van der Waals surface area contributed by atoms with Gasteiger partial charge < -0.3 is 14.1 Å². The lowest BCUT2D eigenvalue weighted by atomic mass is 9.98. The summed E-state index contributed by atoms with van der Waals surface area (Å²) < 4.78 is 11.4. The number of hydrogen-bond donors (Lipinski definition) is 0. The van der Waals surface area contributed by atoms with Crippen LogP contribution in [0.1, 0.15) is 34.6 Å². The number of rotatable bonds is 5. The summed E-state index contributed by atoms with van der Waals surface area (Å²) in [4.78, 5) is 27.8. The molecule has 5 heteroatoms. The Morgan fingerprint density at radius 1 is 1.19 bits per heavy atom. The van der Waals surface area contributed by atoms with Crippen molar-refractivity contribution in [2.45, 2.75) is 13.0 Å². The van der Waals surface area contributed by atoms with Crippen LogP contribution in [0.5, 0.6) is 5.75 Å². The average molecular weight is 361 g/mol. The Labute approximate surface area is 156 Å². The lowest BCUT2D eigenvalue weighted by molar-refractivity contribution is 0.0748. The van der Waals surface area contributed by atoms with Gasteiger partial charge >= 0.3 is 0 Å². The topological polar surface area (TPSA) is 59.8 Å². The molecule has 0 fully saturated rings. The van der Waals surface area contributed by atoms with Gasteiger partial charge in [-0.25, -0.2) is 0 Å². The predicted molar refractivity (Wildman–Crippen MR) is 103 cm³/mol. The largest absolute Gasteiger partial charge is 0.494 e. The summed E-state index contributed by atoms with van der Waals surface area (Å²) in [6.45, 7) is 6.50. The van der Waals surface area contributed by atoms with Crippen molar-refractivity contribution in [3.63, 3.8) is 0 Å². The van der Waals surface area contributed by atoms with Crippen molar-refractivity contribution in [1.82, 2.24) is 4.90 Å². The molecule has 0 spiro atoms. The van der Waals surface area contributed by atoms with Crippen LogP contribution in [0.25, 0.3) is 11.0 Å². The van der Waals surface area contributed by atoms with Crippen molar-refractivity contribution >= 4 is 16.9 Å². The van der Waals surface area contributed by atoms with Crippen LogP contribution >= 0.6 is 0 Å². The van der Waals surface area contributed by atoms with Crippen LogP contribution in [-0.4, -0.2) is 24.0 Å². The molecule has 5 nitrogen and oxygen atoms in total. The zero-order chi connectivity index (χ0) is 19.0. The Balaban J connectivity index is 1.97. The Morgan fingerprint density at radius 2 is 2.00 bits per heavy atom.